The van der Waals surface area contributed by atoms with E-state index < -0.39 is 21.7 Å². The summed E-state index contributed by atoms with van der Waals surface area (Å²) >= 11 is 0. The van der Waals surface area contributed by atoms with Crippen molar-refractivity contribution in [3.63, 3.8) is 0 Å². The molecular weight excluding hydrogens is 246 g/mol. The summed E-state index contributed by atoms with van der Waals surface area (Å²) in [6.07, 6.45) is 1.07. The Morgan fingerprint density at radius 1 is 1.12 bits per heavy atom. The van der Waals surface area contributed by atoms with Gasteiger partial charge in [0.1, 0.15) is 0 Å². The number of rotatable bonds is 2. The lowest BCUT2D eigenvalue weighted by Gasteiger charge is -2.04. The van der Waals surface area contributed by atoms with Gasteiger partial charge in [-0.05, 0) is 24.3 Å². The summed E-state index contributed by atoms with van der Waals surface area (Å²) in [5, 5.41) is 2.25. The molecule has 0 aliphatic heterocycles. The van der Waals surface area contributed by atoms with Crippen molar-refractivity contribution in [2.45, 2.75) is 4.90 Å². The van der Waals surface area contributed by atoms with Gasteiger partial charge in [-0.15, -0.1) is 0 Å². The van der Waals surface area contributed by atoms with Crippen molar-refractivity contribution >= 4 is 27.3 Å². The molecule has 1 rings (SSSR count). The average Bonchev–Trinajstić information content (AvgIpc) is 2.27. The Balaban J connectivity index is 2.83. The second-order valence-corrected chi connectivity index (χ2v) is 5.24. The summed E-state index contributed by atoms with van der Waals surface area (Å²) in [5.41, 5.74) is 1.97. The van der Waals surface area contributed by atoms with Crippen molar-refractivity contribution in [1.29, 1.82) is 0 Å². The van der Waals surface area contributed by atoms with Gasteiger partial charge in [-0.2, -0.15) is 0 Å². The number of hydrogen-bond donors (Lipinski definition) is 3. The van der Waals surface area contributed by atoms with Crippen LogP contribution in [0.1, 0.15) is 0 Å². The summed E-state index contributed by atoms with van der Waals surface area (Å²) in [6, 6.07) is 5.40. The van der Waals surface area contributed by atoms with E-state index in [9.17, 15) is 18.0 Å². The van der Waals surface area contributed by atoms with Gasteiger partial charge in [0.25, 0.3) is 0 Å². The van der Waals surface area contributed by atoms with E-state index in [1.165, 1.54) is 24.3 Å². The van der Waals surface area contributed by atoms with E-state index >= 15 is 0 Å². The number of hydrogen-bond acceptors (Lipinski definition) is 5. The molecule has 4 N–H and O–H groups in total. The SMILES string of the molecule is CS(=O)(=O)c1ccc(NC(=O)C(=O)NN)cc1. The number of anilines is 1. The van der Waals surface area contributed by atoms with Gasteiger partial charge in [-0.1, -0.05) is 0 Å². The minimum absolute atomic E-state index is 0.124. The lowest BCUT2D eigenvalue weighted by Crippen LogP contribution is -2.39. The van der Waals surface area contributed by atoms with Gasteiger partial charge >= 0.3 is 11.8 Å². The number of carbonyl (C=O) groups excluding carboxylic acids is 2. The van der Waals surface area contributed by atoms with Crippen molar-refractivity contribution in [3.8, 4) is 0 Å². The highest BCUT2D eigenvalue weighted by Crippen LogP contribution is 2.13. The molecule has 0 fully saturated rings. The Morgan fingerprint density at radius 3 is 2.06 bits per heavy atom. The number of benzene rings is 1. The van der Waals surface area contributed by atoms with E-state index in [1.54, 1.807) is 5.43 Å². The molecule has 0 aliphatic carbocycles. The van der Waals surface area contributed by atoms with Crippen LogP contribution in [0.15, 0.2) is 29.2 Å². The predicted octanol–water partition coefficient (Wildman–Crippen LogP) is -0.981. The lowest BCUT2D eigenvalue weighted by molar-refractivity contribution is -0.136. The first-order valence-corrected chi connectivity index (χ1v) is 6.36. The number of nitrogens with one attached hydrogen (secondary N) is 2. The second-order valence-electron chi connectivity index (χ2n) is 3.22. The minimum Gasteiger partial charge on any atom is -0.318 e. The van der Waals surface area contributed by atoms with Crippen LogP contribution in [0.2, 0.25) is 0 Å². The van der Waals surface area contributed by atoms with E-state index in [1.807, 2.05) is 0 Å². The number of sulfone groups is 1. The normalized spacial score (nSPS) is 10.7. The number of carbonyl (C=O) groups is 2. The Kier molecular flexibility index (Phi) is 3.81. The Bertz CT molecular complexity index is 536. The third-order valence-electron chi connectivity index (χ3n) is 1.88. The quantitative estimate of drug-likeness (QED) is 0.272. The molecule has 0 heterocycles. The Morgan fingerprint density at radius 2 is 1.65 bits per heavy atom. The first-order valence-electron chi connectivity index (χ1n) is 4.46. The second kappa shape index (κ2) is 4.93. The first kappa shape index (κ1) is 13.1. The molecule has 0 atom stereocenters. The summed E-state index contributed by atoms with van der Waals surface area (Å²) < 4.78 is 22.3. The zero-order chi connectivity index (χ0) is 13.1. The zero-order valence-electron chi connectivity index (χ0n) is 8.93. The number of amides is 2. The molecular formula is C9H11N3O4S. The van der Waals surface area contributed by atoms with Crippen LogP contribution in [0.5, 0.6) is 0 Å². The monoisotopic (exact) mass is 257 g/mol. The van der Waals surface area contributed by atoms with Gasteiger partial charge in [0.05, 0.1) is 4.90 Å². The smallest absolute Gasteiger partial charge is 0.318 e. The minimum atomic E-state index is -3.28. The van der Waals surface area contributed by atoms with Gasteiger partial charge in [0.15, 0.2) is 9.84 Å². The summed E-state index contributed by atoms with van der Waals surface area (Å²) in [5.74, 6) is 2.85. The summed E-state index contributed by atoms with van der Waals surface area (Å²) in [4.78, 5) is 22.0. The number of nitrogens with two attached hydrogens (primary N) is 1. The highest BCUT2D eigenvalue weighted by Gasteiger charge is 2.12. The van der Waals surface area contributed by atoms with Crippen LogP contribution in [0.4, 0.5) is 5.69 Å². The Hall–Kier alpha value is -1.93. The molecule has 0 aromatic heterocycles. The highest BCUT2D eigenvalue weighted by molar-refractivity contribution is 7.90. The summed E-state index contributed by atoms with van der Waals surface area (Å²) in [7, 11) is -3.28. The van der Waals surface area contributed by atoms with Crippen LogP contribution in [0.25, 0.3) is 0 Å². The maximum absolute atomic E-state index is 11.2. The first-order chi connectivity index (χ1) is 7.84. The molecule has 2 amide bonds. The van der Waals surface area contributed by atoms with Gasteiger partial charge in [0, 0.05) is 11.9 Å². The fraction of sp³-hybridized carbons (Fsp3) is 0.111. The topological polar surface area (TPSA) is 118 Å². The van der Waals surface area contributed by atoms with E-state index in [2.05, 4.69) is 5.32 Å². The fourth-order valence-electron chi connectivity index (χ4n) is 1.04. The molecule has 1 aromatic carbocycles. The van der Waals surface area contributed by atoms with Gasteiger partial charge in [-0.3, -0.25) is 15.0 Å². The average molecular weight is 257 g/mol. The lowest BCUT2D eigenvalue weighted by atomic mass is 10.3. The molecule has 7 nitrogen and oxygen atoms in total. The van der Waals surface area contributed by atoms with Gasteiger partial charge < -0.3 is 5.32 Å². The molecule has 0 saturated heterocycles. The van der Waals surface area contributed by atoms with Crippen LogP contribution in [-0.4, -0.2) is 26.5 Å². The molecule has 8 heteroatoms. The van der Waals surface area contributed by atoms with E-state index in [0.717, 1.165) is 6.26 Å². The summed E-state index contributed by atoms with van der Waals surface area (Å²) in [6.45, 7) is 0. The van der Waals surface area contributed by atoms with Crippen molar-refractivity contribution in [3.05, 3.63) is 24.3 Å². The molecule has 0 bridgehead atoms. The van der Waals surface area contributed by atoms with E-state index in [-0.39, 0.29) is 4.90 Å². The maximum atomic E-state index is 11.2. The molecule has 0 aliphatic rings. The third kappa shape index (κ3) is 3.54. The van der Waals surface area contributed by atoms with Crippen LogP contribution in [0, 0.1) is 0 Å². The largest absolute Gasteiger partial charge is 0.323 e. The molecule has 0 unspecified atom stereocenters. The molecule has 0 spiro atoms. The molecule has 17 heavy (non-hydrogen) atoms. The van der Waals surface area contributed by atoms with Gasteiger partial charge in [-0.25, -0.2) is 14.3 Å². The molecule has 0 radical (unpaired) electrons. The molecule has 92 valence electrons. The van der Waals surface area contributed by atoms with E-state index in [0.29, 0.717) is 5.69 Å². The predicted molar refractivity (Wildman–Crippen MR) is 60.5 cm³/mol. The number of hydrazine groups is 1. The third-order valence-corrected chi connectivity index (χ3v) is 3.01. The molecule has 1 aromatic rings. The van der Waals surface area contributed by atoms with Crippen LogP contribution in [-0.2, 0) is 19.4 Å². The van der Waals surface area contributed by atoms with Crippen molar-refractivity contribution in [2.75, 3.05) is 11.6 Å². The Labute approximate surface area is 97.9 Å². The molecule has 0 saturated carbocycles. The van der Waals surface area contributed by atoms with Crippen molar-refractivity contribution < 1.29 is 18.0 Å². The van der Waals surface area contributed by atoms with Gasteiger partial charge in [0.2, 0.25) is 0 Å². The van der Waals surface area contributed by atoms with Crippen molar-refractivity contribution in [1.82, 2.24) is 5.43 Å². The standard InChI is InChI=1S/C9H11N3O4S/c1-17(15,16)7-4-2-6(3-5-7)11-8(13)9(14)12-10/h2-5H,10H2,1H3,(H,11,13)(H,12,14). The maximum Gasteiger partial charge on any atom is 0.323 e. The van der Waals surface area contributed by atoms with E-state index in [4.69, 9.17) is 5.84 Å². The van der Waals surface area contributed by atoms with Crippen LogP contribution in [0.3, 0.4) is 0 Å². The van der Waals surface area contributed by atoms with Crippen molar-refractivity contribution in [2.24, 2.45) is 5.84 Å². The van der Waals surface area contributed by atoms with Crippen LogP contribution >= 0.6 is 0 Å². The zero-order valence-corrected chi connectivity index (χ0v) is 9.74. The van der Waals surface area contributed by atoms with Crippen LogP contribution < -0.4 is 16.6 Å². The fourth-order valence-corrected chi connectivity index (χ4v) is 1.67. The highest BCUT2D eigenvalue weighted by atomic mass is 32.2.